The lowest BCUT2D eigenvalue weighted by Gasteiger charge is -2.18. The quantitative estimate of drug-likeness (QED) is 0.338. The molecule has 3 aromatic rings. The Morgan fingerprint density at radius 1 is 1.36 bits per heavy atom. The second kappa shape index (κ2) is 9.70. The predicted octanol–water partition coefficient (Wildman–Crippen LogP) is 2.72. The number of anilines is 1. The number of aliphatic imine (C=N–C) groups is 1. The Balaban J connectivity index is 1.63. The number of rotatable bonds is 5. The monoisotopic (exact) mass is 465 g/mol. The lowest BCUT2D eigenvalue weighted by atomic mass is 10.0. The zero-order valence-electron chi connectivity index (χ0n) is 18.0. The third kappa shape index (κ3) is 4.96. The fraction of sp³-hybridized carbons (Fsp3) is 0.227. The maximum atomic E-state index is 8.75. The number of hydrogen-bond acceptors (Lipinski definition) is 7. The number of fused-ring (bicyclic) bond motifs is 1. The topological polar surface area (TPSA) is 143 Å². The molecule has 0 saturated heterocycles. The fourth-order valence-electron chi connectivity index (χ4n) is 3.63. The zero-order chi connectivity index (χ0) is 23.4. The van der Waals surface area contributed by atoms with E-state index in [0.29, 0.717) is 48.0 Å². The molecule has 3 aromatic heterocycles. The zero-order valence-corrected chi connectivity index (χ0v) is 18.8. The summed E-state index contributed by atoms with van der Waals surface area (Å²) in [6.07, 6.45) is 8.64. The van der Waals surface area contributed by atoms with Gasteiger partial charge in [0.15, 0.2) is 0 Å². The van der Waals surface area contributed by atoms with Gasteiger partial charge < -0.3 is 15.8 Å². The SMILES string of the molecule is CN=C(C=CN)Nc1cc(-c2cc3n(c(=N)c2)C(=N)C(Cn2cc(Cl)cn2)CCO3)ccn1. The summed E-state index contributed by atoms with van der Waals surface area (Å²) in [7, 11) is 1.66. The Labute approximate surface area is 195 Å². The first kappa shape index (κ1) is 22.3. The van der Waals surface area contributed by atoms with Crippen LogP contribution in [-0.2, 0) is 6.54 Å². The molecule has 33 heavy (non-hydrogen) atoms. The first-order valence-corrected chi connectivity index (χ1v) is 10.7. The van der Waals surface area contributed by atoms with E-state index in [4.69, 9.17) is 32.9 Å². The van der Waals surface area contributed by atoms with E-state index in [-0.39, 0.29) is 11.4 Å². The number of ether oxygens (including phenoxy) is 1. The van der Waals surface area contributed by atoms with E-state index in [1.807, 2.05) is 18.2 Å². The van der Waals surface area contributed by atoms with Crippen LogP contribution in [0.3, 0.4) is 0 Å². The van der Waals surface area contributed by atoms with Crippen LogP contribution in [-0.4, -0.2) is 44.7 Å². The average Bonchev–Trinajstić information content (AvgIpc) is 3.14. The minimum absolute atomic E-state index is 0.158. The minimum Gasteiger partial charge on any atom is -0.478 e. The normalized spacial score (nSPS) is 16.4. The van der Waals surface area contributed by atoms with E-state index in [9.17, 15) is 0 Å². The van der Waals surface area contributed by atoms with Crippen LogP contribution < -0.4 is 21.3 Å². The summed E-state index contributed by atoms with van der Waals surface area (Å²) in [6, 6.07) is 7.26. The van der Waals surface area contributed by atoms with Gasteiger partial charge in [0.05, 0.1) is 24.4 Å². The third-order valence-electron chi connectivity index (χ3n) is 5.23. The van der Waals surface area contributed by atoms with Gasteiger partial charge >= 0.3 is 0 Å². The van der Waals surface area contributed by atoms with E-state index in [1.165, 1.54) is 10.8 Å². The number of nitrogens with zero attached hydrogens (tertiary/aromatic N) is 5. The Morgan fingerprint density at radius 2 is 2.21 bits per heavy atom. The molecule has 1 unspecified atom stereocenters. The van der Waals surface area contributed by atoms with E-state index >= 15 is 0 Å². The van der Waals surface area contributed by atoms with Crippen molar-refractivity contribution in [1.82, 2.24) is 19.3 Å². The van der Waals surface area contributed by atoms with Crippen molar-refractivity contribution in [3.05, 3.63) is 65.6 Å². The predicted molar refractivity (Wildman–Crippen MR) is 128 cm³/mol. The molecule has 10 nitrogen and oxygen atoms in total. The number of aromatic nitrogens is 4. The van der Waals surface area contributed by atoms with Gasteiger partial charge in [0.25, 0.3) is 0 Å². The molecule has 11 heteroatoms. The summed E-state index contributed by atoms with van der Waals surface area (Å²) in [4.78, 5) is 8.43. The van der Waals surface area contributed by atoms with E-state index < -0.39 is 0 Å². The van der Waals surface area contributed by atoms with Gasteiger partial charge in [-0.1, -0.05) is 11.6 Å². The molecule has 1 aliphatic heterocycles. The maximum absolute atomic E-state index is 8.75. The lowest BCUT2D eigenvalue weighted by molar-refractivity contribution is 0.286. The second-order valence-electron chi connectivity index (χ2n) is 7.43. The summed E-state index contributed by atoms with van der Waals surface area (Å²) >= 11 is 5.97. The van der Waals surface area contributed by atoms with Gasteiger partial charge in [-0.3, -0.25) is 25.1 Å². The van der Waals surface area contributed by atoms with Crippen molar-refractivity contribution in [1.29, 1.82) is 10.8 Å². The average molecular weight is 466 g/mol. The van der Waals surface area contributed by atoms with Crippen LogP contribution in [0, 0.1) is 16.7 Å². The van der Waals surface area contributed by atoms with E-state index in [2.05, 4.69) is 20.4 Å². The fourth-order valence-corrected chi connectivity index (χ4v) is 3.79. The molecular weight excluding hydrogens is 442 g/mol. The number of pyridine rings is 2. The van der Waals surface area contributed by atoms with Crippen molar-refractivity contribution in [2.24, 2.45) is 16.6 Å². The molecule has 0 saturated carbocycles. The molecule has 1 aliphatic rings. The molecule has 0 spiro atoms. The van der Waals surface area contributed by atoms with Crippen LogP contribution in [0.15, 0.2) is 60.1 Å². The Bertz CT molecular complexity index is 1290. The molecule has 0 aliphatic carbocycles. The van der Waals surface area contributed by atoms with Gasteiger partial charge in [0.2, 0.25) is 5.88 Å². The van der Waals surface area contributed by atoms with Gasteiger partial charge in [-0.15, -0.1) is 0 Å². The van der Waals surface area contributed by atoms with Crippen LogP contribution in [0.2, 0.25) is 5.02 Å². The molecule has 0 aromatic carbocycles. The highest BCUT2D eigenvalue weighted by Crippen LogP contribution is 2.27. The van der Waals surface area contributed by atoms with Gasteiger partial charge in [-0.25, -0.2) is 4.98 Å². The summed E-state index contributed by atoms with van der Waals surface area (Å²) in [5.41, 5.74) is 7.24. The number of nitrogens with two attached hydrogens (primary N) is 1. The highest BCUT2D eigenvalue weighted by molar-refractivity contribution is 6.30. The number of nitrogens with one attached hydrogen (secondary N) is 3. The first-order valence-electron chi connectivity index (χ1n) is 10.3. The van der Waals surface area contributed by atoms with Crippen LogP contribution in [0.5, 0.6) is 5.88 Å². The highest BCUT2D eigenvalue weighted by atomic mass is 35.5. The molecule has 4 rings (SSSR count). The van der Waals surface area contributed by atoms with Crippen molar-refractivity contribution in [3.8, 4) is 17.0 Å². The van der Waals surface area contributed by atoms with Gasteiger partial charge in [-0.05, 0) is 48.0 Å². The summed E-state index contributed by atoms with van der Waals surface area (Å²) in [5, 5.41) is 25.2. The first-order chi connectivity index (χ1) is 16.0. The molecule has 5 N–H and O–H groups in total. The summed E-state index contributed by atoms with van der Waals surface area (Å²) in [5.74, 6) is 1.74. The Kier molecular flexibility index (Phi) is 6.55. The lowest BCUT2D eigenvalue weighted by Crippen LogP contribution is -2.32. The van der Waals surface area contributed by atoms with Crippen molar-refractivity contribution in [2.45, 2.75) is 13.0 Å². The highest BCUT2D eigenvalue weighted by Gasteiger charge is 2.24. The van der Waals surface area contributed by atoms with Crippen molar-refractivity contribution in [3.63, 3.8) is 0 Å². The largest absolute Gasteiger partial charge is 0.478 e. The maximum Gasteiger partial charge on any atom is 0.201 e. The van der Waals surface area contributed by atoms with Gasteiger partial charge in [-0.2, -0.15) is 5.10 Å². The molecular formula is C22H24ClN9O. The van der Waals surface area contributed by atoms with E-state index in [0.717, 1.165) is 11.1 Å². The smallest absolute Gasteiger partial charge is 0.201 e. The molecule has 170 valence electrons. The number of amidine groups is 1. The van der Waals surface area contributed by atoms with Gasteiger partial charge in [0.1, 0.15) is 23.0 Å². The number of hydrogen-bond donors (Lipinski definition) is 4. The Morgan fingerprint density at radius 3 is 2.94 bits per heavy atom. The molecule has 0 bridgehead atoms. The third-order valence-corrected chi connectivity index (χ3v) is 5.43. The second-order valence-corrected chi connectivity index (χ2v) is 7.86. The molecule has 0 fully saturated rings. The molecule has 0 amide bonds. The molecule has 0 radical (unpaired) electrons. The van der Waals surface area contributed by atoms with Crippen molar-refractivity contribution < 1.29 is 4.74 Å². The summed E-state index contributed by atoms with van der Waals surface area (Å²) in [6.45, 7) is 0.913. The minimum atomic E-state index is -0.166. The number of halogens is 1. The van der Waals surface area contributed by atoms with Crippen LogP contribution in [0.1, 0.15) is 6.42 Å². The van der Waals surface area contributed by atoms with Crippen molar-refractivity contribution in [2.75, 3.05) is 19.0 Å². The molecule has 1 atom stereocenters. The van der Waals surface area contributed by atoms with Crippen LogP contribution in [0.25, 0.3) is 11.1 Å². The standard InChI is InChI=1S/C22H24ClN9O/c1-27-19(2-5-24)30-20-9-14(3-6-28-20)16-8-18(25)32-21(10-16)33-7-4-15(22(32)26)12-31-13-17(23)11-29-31/h2-3,5-6,8-11,13,15,25-26H,4,7,12,24H2,1H3,(H,27,28,30). The van der Waals surface area contributed by atoms with Crippen molar-refractivity contribution >= 4 is 29.1 Å². The van der Waals surface area contributed by atoms with E-state index in [1.54, 1.807) is 42.5 Å². The van der Waals surface area contributed by atoms with Crippen LogP contribution >= 0.6 is 11.6 Å². The molecule has 4 heterocycles. The summed E-state index contributed by atoms with van der Waals surface area (Å²) < 4.78 is 9.19. The van der Waals surface area contributed by atoms with Gasteiger partial charge in [0, 0.05) is 31.4 Å². The van der Waals surface area contributed by atoms with Crippen LogP contribution in [0.4, 0.5) is 5.82 Å². The Hall–Kier alpha value is -3.92.